The van der Waals surface area contributed by atoms with Gasteiger partial charge >= 0.3 is 0 Å². The smallest absolute Gasteiger partial charge is 0.122 e. The lowest BCUT2D eigenvalue weighted by atomic mass is 9.86. The van der Waals surface area contributed by atoms with Gasteiger partial charge in [-0.1, -0.05) is 32.0 Å². The van der Waals surface area contributed by atoms with Crippen LogP contribution in [0.25, 0.3) is 0 Å². The molecule has 90 valence electrons. The molecule has 0 fully saturated rings. The van der Waals surface area contributed by atoms with E-state index in [1.165, 1.54) is 0 Å². The molecule has 0 aliphatic rings. The summed E-state index contributed by atoms with van der Waals surface area (Å²) in [7, 11) is 0. The zero-order valence-corrected chi connectivity index (χ0v) is 10.7. The van der Waals surface area contributed by atoms with Gasteiger partial charge in [-0.15, -0.1) is 0 Å². The van der Waals surface area contributed by atoms with Crippen molar-refractivity contribution in [3.63, 3.8) is 0 Å². The van der Waals surface area contributed by atoms with Gasteiger partial charge < -0.3 is 9.84 Å². The van der Waals surface area contributed by atoms with Crippen LogP contribution in [-0.2, 0) is 6.42 Å². The Bertz CT molecular complexity index is 329. The molecule has 0 atom stereocenters. The predicted molar refractivity (Wildman–Crippen MR) is 66.8 cm³/mol. The molecule has 0 amide bonds. The van der Waals surface area contributed by atoms with Crippen LogP contribution in [0.3, 0.4) is 0 Å². The van der Waals surface area contributed by atoms with E-state index in [1.54, 1.807) is 0 Å². The van der Waals surface area contributed by atoms with Gasteiger partial charge in [0.25, 0.3) is 0 Å². The summed E-state index contributed by atoms with van der Waals surface area (Å²) in [5.74, 6) is 0.930. The molecule has 1 N–H and O–H groups in total. The van der Waals surface area contributed by atoms with Gasteiger partial charge in [-0.2, -0.15) is 0 Å². The Hall–Kier alpha value is -1.02. The van der Waals surface area contributed by atoms with Crippen LogP contribution in [0.2, 0.25) is 0 Å². The van der Waals surface area contributed by atoms with Crippen LogP contribution in [0, 0.1) is 5.41 Å². The van der Waals surface area contributed by atoms with Crippen molar-refractivity contribution in [3.8, 4) is 5.75 Å². The summed E-state index contributed by atoms with van der Waals surface area (Å²) in [6, 6.07) is 8.04. The second-order valence-corrected chi connectivity index (χ2v) is 5.27. The lowest BCUT2D eigenvalue weighted by molar-refractivity contribution is 0.157. The van der Waals surface area contributed by atoms with Crippen LogP contribution in [0.15, 0.2) is 24.3 Å². The zero-order chi connectivity index (χ0) is 12.2. The summed E-state index contributed by atoms with van der Waals surface area (Å²) in [6.07, 6.45) is 1.00. The minimum absolute atomic E-state index is 0.101. The van der Waals surface area contributed by atoms with E-state index < -0.39 is 0 Å². The van der Waals surface area contributed by atoms with Crippen LogP contribution < -0.4 is 4.74 Å². The Labute approximate surface area is 98.3 Å². The standard InChI is InChI=1S/C14H22O2/c1-11(2)16-13-8-6-5-7-12(13)9-14(3,4)10-15/h5-8,11,15H,9-10H2,1-4H3. The maximum absolute atomic E-state index is 9.29. The first-order chi connectivity index (χ1) is 7.44. The summed E-state index contributed by atoms with van der Waals surface area (Å²) >= 11 is 0. The fourth-order valence-corrected chi connectivity index (χ4v) is 1.59. The van der Waals surface area contributed by atoms with Crippen LogP contribution in [0.1, 0.15) is 33.3 Å². The molecule has 0 heterocycles. The molecule has 0 saturated carbocycles. The van der Waals surface area contributed by atoms with Gasteiger partial charge in [-0.05, 0) is 37.3 Å². The third-order valence-electron chi connectivity index (χ3n) is 2.43. The van der Waals surface area contributed by atoms with E-state index in [1.807, 2.05) is 32.0 Å². The molecular weight excluding hydrogens is 200 g/mol. The van der Waals surface area contributed by atoms with Crippen molar-refractivity contribution >= 4 is 0 Å². The van der Waals surface area contributed by atoms with E-state index in [0.717, 1.165) is 17.7 Å². The van der Waals surface area contributed by atoms with Gasteiger partial charge in [0.05, 0.1) is 6.10 Å². The van der Waals surface area contributed by atoms with Crippen molar-refractivity contribution in [1.82, 2.24) is 0 Å². The van der Waals surface area contributed by atoms with E-state index >= 15 is 0 Å². The molecule has 0 aliphatic heterocycles. The average molecular weight is 222 g/mol. The van der Waals surface area contributed by atoms with Crippen molar-refractivity contribution in [2.45, 2.75) is 40.2 Å². The monoisotopic (exact) mass is 222 g/mol. The van der Waals surface area contributed by atoms with Crippen molar-refractivity contribution in [2.24, 2.45) is 5.41 Å². The maximum atomic E-state index is 9.29. The lowest BCUT2D eigenvalue weighted by Crippen LogP contribution is -2.20. The fourth-order valence-electron chi connectivity index (χ4n) is 1.59. The molecule has 2 nitrogen and oxygen atoms in total. The van der Waals surface area contributed by atoms with Crippen molar-refractivity contribution in [2.75, 3.05) is 6.61 Å². The number of aliphatic hydroxyl groups excluding tert-OH is 1. The summed E-state index contributed by atoms with van der Waals surface area (Å²) in [5, 5.41) is 9.29. The van der Waals surface area contributed by atoms with Gasteiger partial charge in [-0.3, -0.25) is 0 Å². The van der Waals surface area contributed by atoms with Crippen LogP contribution >= 0.6 is 0 Å². The minimum atomic E-state index is -0.101. The molecular formula is C14H22O2. The first-order valence-electron chi connectivity index (χ1n) is 5.80. The Morgan fingerprint density at radius 1 is 1.25 bits per heavy atom. The molecule has 0 saturated heterocycles. The first kappa shape index (κ1) is 13.0. The molecule has 0 radical (unpaired) electrons. The third-order valence-corrected chi connectivity index (χ3v) is 2.43. The number of benzene rings is 1. The highest BCUT2D eigenvalue weighted by Crippen LogP contribution is 2.27. The number of ether oxygens (including phenoxy) is 1. The normalized spacial score (nSPS) is 11.9. The molecule has 0 aliphatic carbocycles. The highest BCUT2D eigenvalue weighted by Gasteiger charge is 2.19. The van der Waals surface area contributed by atoms with E-state index in [9.17, 15) is 5.11 Å². The molecule has 2 heteroatoms. The molecule has 0 aromatic heterocycles. The van der Waals surface area contributed by atoms with Crippen LogP contribution in [0.4, 0.5) is 0 Å². The highest BCUT2D eigenvalue weighted by atomic mass is 16.5. The molecule has 1 aromatic rings. The molecule has 1 rings (SSSR count). The van der Waals surface area contributed by atoms with Crippen LogP contribution in [-0.4, -0.2) is 17.8 Å². The Kier molecular flexibility index (Phi) is 4.36. The molecule has 0 spiro atoms. The first-order valence-corrected chi connectivity index (χ1v) is 5.80. The Morgan fingerprint density at radius 3 is 2.44 bits per heavy atom. The topological polar surface area (TPSA) is 29.5 Å². The van der Waals surface area contributed by atoms with E-state index in [4.69, 9.17) is 4.74 Å². The number of para-hydroxylation sites is 1. The average Bonchev–Trinajstić information content (AvgIpc) is 2.20. The van der Waals surface area contributed by atoms with Gasteiger partial charge in [0.2, 0.25) is 0 Å². The number of aliphatic hydroxyl groups is 1. The molecule has 0 bridgehead atoms. The van der Waals surface area contributed by atoms with E-state index in [-0.39, 0.29) is 18.1 Å². The second kappa shape index (κ2) is 5.35. The van der Waals surface area contributed by atoms with E-state index in [0.29, 0.717) is 0 Å². The fraction of sp³-hybridized carbons (Fsp3) is 0.571. The zero-order valence-electron chi connectivity index (χ0n) is 10.7. The lowest BCUT2D eigenvalue weighted by Gasteiger charge is -2.23. The van der Waals surface area contributed by atoms with Crippen LogP contribution in [0.5, 0.6) is 5.75 Å². The second-order valence-electron chi connectivity index (χ2n) is 5.27. The number of hydrogen-bond acceptors (Lipinski definition) is 2. The van der Waals surface area contributed by atoms with Gasteiger partial charge in [0.1, 0.15) is 5.75 Å². The van der Waals surface area contributed by atoms with Gasteiger partial charge in [-0.25, -0.2) is 0 Å². The third kappa shape index (κ3) is 3.86. The van der Waals surface area contributed by atoms with Gasteiger partial charge in [0.15, 0.2) is 0 Å². The Morgan fingerprint density at radius 2 is 1.88 bits per heavy atom. The summed E-state index contributed by atoms with van der Waals surface area (Å²) < 4.78 is 5.75. The predicted octanol–water partition coefficient (Wildman–Crippen LogP) is 3.03. The number of rotatable bonds is 5. The minimum Gasteiger partial charge on any atom is -0.491 e. The molecule has 1 aromatic carbocycles. The molecule has 0 unspecified atom stereocenters. The summed E-state index contributed by atoms with van der Waals surface area (Å²) in [6.45, 7) is 8.34. The van der Waals surface area contributed by atoms with Gasteiger partial charge in [0, 0.05) is 6.61 Å². The van der Waals surface area contributed by atoms with Crippen molar-refractivity contribution in [1.29, 1.82) is 0 Å². The highest BCUT2D eigenvalue weighted by molar-refractivity contribution is 5.34. The van der Waals surface area contributed by atoms with Crippen molar-refractivity contribution in [3.05, 3.63) is 29.8 Å². The summed E-state index contributed by atoms with van der Waals surface area (Å²) in [4.78, 5) is 0. The maximum Gasteiger partial charge on any atom is 0.122 e. The van der Waals surface area contributed by atoms with E-state index in [2.05, 4.69) is 19.9 Å². The summed E-state index contributed by atoms with van der Waals surface area (Å²) in [5.41, 5.74) is 1.06. The Balaban J connectivity index is 2.86. The van der Waals surface area contributed by atoms with Crippen molar-refractivity contribution < 1.29 is 9.84 Å². The molecule has 16 heavy (non-hydrogen) atoms. The SMILES string of the molecule is CC(C)Oc1ccccc1CC(C)(C)CO. The quantitative estimate of drug-likeness (QED) is 0.829. The largest absolute Gasteiger partial charge is 0.491 e. The number of hydrogen-bond donors (Lipinski definition) is 1.